The van der Waals surface area contributed by atoms with Gasteiger partial charge in [0.15, 0.2) is 0 Å². The van der Waals surface area contributed by atoms with Crippen molar-refractivity contribution >= 4 is 17.4 Å². The van der Waals surface area contributed by atoms with E-state index in [1.807, 2.05) is 12.1 Å². The Labute approximate surface area is 121 Å². The quantitative estimate of drug-likeness (QED) is 0.826. The number of pyridine rings is 1. The van der Waals surface area contributed by atoms with Gasteiger partial charge in [-0.05, 0) is 31.4 Å². The summed E-state index contributed by atoms with van der Waals surface area (Å²) in [4.78, 5) is 16.0. The molecule has 4 nitrogen and oxygen atoms in total. The van der Waals surface area contributed by atoms with E-state index in [0.29, 0.717) is 12.5 Å². The Bertz CT molecular complexity index is 410. The Hall–Kier alpha value is -1.58. The third-order valence-electron chi connectivity index (χ3n) is 3.76. The van der Waals surface area contributed by atoms with E-state index in [2.05, 4.69) is 22.5 Å². The van der Waals surface area contributed by atoms with Gasteiger partial charge in [0.05, 0.1) is 11.9 Å². The van der Waals surface area contributed by atoms with Crippen LogP contribution in [0.2, 0.25) is 0 Å². The largest absolute Gasteiger partial charge is 0.367 e. The predicted octanol–water partition coefficient (Wildman–Crippen LogP) is 3.95. The fraction of sp³-hybridized carbons (Fsp3) is 0.625. The zero-order valence-corrected chi connectivity index (χ0v) is 12.3. The molecule has 1 aliphatic rings. The Morgan fingerprint density at radius 3 is 2.75 bits per heavy atom. The number of rotatable bonds is 6. The molecule has 1 heterocycles. The zero-order chi connectivity index (χ0) is 14.2. The van der Waals surface area contributed by atoms with Crippen LogP contribution in [0.5, 0.6) is 0 Å². The molecule has 0 saturated heterocycles. The van der Waals surface area contributed by atoms with Gasteiger partial charge in [-0.3, -0.25) is 4.79 Å². The Kier molecular flexibility index (Phi) is 5.84. The Morgan fingerprint density at radius 2 is 2.10 bits per heavy atom. The van der Waals surface area contributed by atoms with Crippen LogP contribution < -0.4 is 10.6 Å². The average Bonchev–Trinajstić information content (AvgIpc) is 2.48. The summed E-state index contributed by atoms with van der Waals surface area (Å²) in [6.45, 7) is 2.08. The summed E-state index contributed by atoms with van der Waals surface area (Å²) < 4.78 is 0. The van der Waals surface area contributed by atoms with E-state index in [4.69, 9.17) is 0 Å². The molecule has 1 aliphatic carbocycles. The highest BCUT2D eigenvalue weighted by Crippen LogP contribution is 2.21. The highest BCUT2D eigenvalue weighted by atomic mass is 16.1. The molecule has 1 fully saturated rings. The number of nitrogens with one attached hydrogen (secondary N) is 2. The molecule has 2 N–H and O–H groups in total. The molecule has 1 aromatic rings. The van der Waals surface area contributed by atoms with E-state index in [1.54, 1.807) is 6.20 Å². The standard InChI is InChI=1S/C16H25N3O/c1-2-3-9-16(20)19-14-10-11-15(17-12-14)18-13-7-5-4-6-8-13/h10-13H,2-9H2,1H3,(H,17,18)(H,19,20). The SMILES string of the molecule is CCCCC(=O)Nc1ccc(NC2CCCCC2)nc1. The van der Waals surface area contributed by atoms with Crippen molar-refractivity contribution in [3.05, 3.63) is 18.3 Å². The van der Waals surface area contributed by atoms with Crippen LogP contribution in [0, 0.1) is 0 Å². The van der Waals surface area contributed by atoms with Crippen molar-refractivity contribution in [2.75, 3.05) is 10.6 Å². The maximum atomic E-state index is 11.6. The predicted molar refractivity (Wildman–Crippen MR) is 82.9 cm³/mol. The van der Waals surface area contributed by atoms with Crippen molar-refractivity contribution in [2.45, 2.75) is 64.3 Å². The third-order valence-corrected chi connectivity index (χ3v) is 3.76. The second-order valence-electron chi connectivity index (χ2n) is 5.56. The minimum Gasteiger partial charge on any atom is -0.367 e. The van der Waals surface area contributed by atoms with Crippen molar-refractivity contribution in [1.29, 1.82) is 0 Å². The zero-order valence-electron chi connectivity index (χ0n) is 12.3. The van der Waals surface area contributed by atoms with Crippen LogP contribution in [0.3, 0.4) is 0 Å². The lowest BCUT2D eigenvalue weighted by Gasteiger charge is -2.23. The van der Waals surface area contributed by atoms with Crippen molar-refractivity contribution in [2.24, 2.45) is 0 Å². The fourth-order valence-electron chi connectivity index (χ4n) is 2.57. The Morgan fingerprint density at radius 1 is 1.30 bits per heavy atom. The maximum absolute atomic E-state index is 11.6. The van der Waals surface area contributed by atoms with Gasteiger partial charge in [0.2, 0.25) is 5.91 Å². The molecule has 4 heteroatoms. The summed E-state index contributed by atoms with van der Waals surface area (Å²) in [6, 6.07) is 4.42. The van der Waals surface area contributed by atoms with E-state index in [9.17, 15) is 4.79 Å². The van der Waals surface area contributed by atoms with Gasteiger partial charge < -0.3 is 10.6 Å². The van der Waals surface area contributed by atoms with Gasteiger partial charge in [-0.2, -0.15) is 0 Å². The molecular weight excluding hydrogens is 250 g/mol. The van der Waals surface area contributed by atoms with Gasteiger partial charge in [-0.1, -0.05) is 32.6 Å². The van der Waals surface area contributed by atoms with Crippen LogP contribution >= 0.6 is 0 Å². The average molecular weight is 275 g/mol. The topological polar surface area (TPSA) is 54.0 Å². The van der Waals surface area contributed by atoms with E-state index < -0.39 is 0 Å². The number of carbonyl (C=O) groups excluding carboxylic acids is 1. The van der Waals surface area contributed by atoms with Crippen LogP contribution in [0.4, 0.5) is 11.5 Å². The summed E-state index contributed by atoms with van der Waals surface area (Å²) in [6.07, 6.45) is 10.7. The molecule has 0 bridgehead atoms. The number of unbranched alkanes of at least 4 members (excludes halogenated alkanes) is 1. The van der Waals surface area contributed by atoms with E-state index >= 15 is 0 Å². The number of nitrogens with zero attached hydrogens (tertiary/aromatic N) is 1. The van der Waals surface area contributed by atoms with Crippen LogP contribution in [-0.2, 0) is 4.79 Å². The molecule has 20 heavy (non-hydrogen) atoms. The number of amides is 1. The normalized spacial score (nSPS) is 15.8. The lowest BCUT2D eigenvalue weighted by atomic mass is 9.95. The minimum atomic E-state index is 0.0710. The van der Waals surface area contributed by atoms with Gasteiger partial charge >= 0.3 is 0 Å². The molecule has 1 saturated carbocycles. The van der Waals surface area contributed by atoms with Crippen molar-refractivity contribution in [3.63, 3.8) is 0 Å². The summed E-state index contributed by atoms with van der Waals surface area (Å²) in [5.74, 6) is 0.977. The van der Waals surface area contributed by atoms with Crippen molar-refractivity contribution < 1.29 is 4.79 Å². The first kappa shape index (κ1) is 14.8. The molecule has 1 aromatic heterocycles. The van der Waals surface area contributed by atoms with Gasteiger partial charge in [-0.15, -0.1) is 0 Å². The maximum Gasteiger partial charge on any atom is 0.224 e. The number of carbonyl (C=O) groups is 1. The summed E-state index contributed by atoms with van der Waals surface area (Å²) in [7, 11) is 0. The molecule has 110 valence electrons. The van der Waals surface area contributed by atoms with Gasteiger partial charge in [0, 0.05) is 12.5 Å². The molecule has 0 aliphatic heterocycles. The molecule has 1 amide bonds. The van der Waals surface area contributed by atoms with Crippen molar-refractivity contribution in [3.8, 4) is 0 Å². The molecule has 0 atom stereocenters. The van der Waals surface area contributed by atoms with Crippen LogP contribution in [0.1, 0.15) is 58.3 Å². The first-order valence-electron chi connectivity index (χ1n) is 7.80. The van der Waals surface area contributed by atoms with Gasteiger partial charge in [0.1, 0.15) is 5.82 Å². The highest BCUT2D eigenvalue weighted by molar-refractivity contribution is 5.90. The lowest BCUT2D eigenvalue weighted by Crippen LogP contribution is -2.22. The molecular formula is C16H25N3O. The van der Waals surface area contributed by atoms with Gasteiger partial charge in [0.25, 0.3) is 0 Å². The van der Waals surface area contributed by atoms with Crippen molar-refractivity contribution in [1.82, 2.24) is 4.98 Å². The first-order chi connectivity index (χ1) is 9.78. The lowest BCUT2D eigenvalue weighted by molar-refractivity contribution is -0.116. The molecule has 0 aromatic carbocycles. The van der Waals surface area contributed by atoms with Gasteiger partial charge in [-0.25, -0.2) is 4.98 Å². The third kappa shape index (κ3) is 4.83. The number of anilines is 2. The van der Waals surface area contributed by atoms with E-state index in [-0.39, 0.29) is 5.91 Å². The molecule has 0 spiro atoms. The molecule has 2 rings (SSSR count). The summed E-state index contributed by atoms with van der Waals surface area (Å²) in [5.41, 5.74) is 0.778. The van der Waals surface area contributed by atoms with E-state index in [0.717, 1.165) is 24.3 Å². The molecule has 0 unspecified atom stereocenters. The van der Waals surface area contributed by atoms with Crippen LogP contribution in [0.15, 0.2) is 18.3 Å². The van der Waals surface area contributed by atoms with Crippen LogP contribution in [-0.4, -0.2) is 16.9 Å². The Balaban J connectivity index is 1.81. The highest BCUT2D eigenvalue weighted by Gasteiger charge is 2.13. The molecule has 0 radical (unpaired) electrons. The number of aromatic nitrogens is 1. The number of hydrogen-bond acceptors (Lipinski definition) is 3. The second-order valence-corrected chi connectivity index (χ2v) is 5.56. The fourth-order valence-corrected chi connectivity index (χ4v) is 2.57. The smallest absolute Gasteiger partial charge is 0.224 e. The minimum absolute atomic E-state index is 0.0710. The first-order valence-corrected chi connectivity index (χ1v) is 7.80. The monoisotopic (exact) mass is 275 g/mol. The summed E-state index contributed by atoms with van der Waals surface area (Å²) in [5, 5.41) is 6.35. The number of hydrogen-bond donors (Lipinski definition) is 2. The van der Waals surface area contributed by atoms with Crippen LogP contribution in [0.25, 0.3) is 0 Å². The summed E-state index contributed by atoms with van der Waals surface area (Å²) >= 11 is 0. The van der Waals surface area contributed by atoms with E-state index in [1.165, 1.54) is 32.1 Å². The second kappa shape index (κ2) is 7.88.